The van der Waals surface area contributed by atoms with Gasteiger partial charge in [-0.25, -0.2) is 4.39 Å². The fourth-order valence-corrected chi connectivity index (χ4v) is 4.36. The molecule has 1 atom stereocenters. The van der Waals surface area contributed by atoms with Crippen molar-refractivity contribution in [2.45, 2.75) is 50.8 Å². The van der Waals surface area contributed by atoms with Gasteiger partial charge in [0.05, 0.1) is 23.6 Å². The molecule has 1 aliphatic rings. The fraction of sp³-hybridized carbons (Fsp3) is 0.417. The number of hydrogen-bond donors (Lipinski definition) is 2. The molecule has 9 heteroatoms. The number of nitrogens with one attached hydrogen (secondary N) is 1. The normalized spacial score (nSPS) is 15.8. The number of carbonyl (C=O) groups is 1. The number of carbonyl (C=O) groups excluding carboxylic acids is 1. The molecule has 1 fully saturated rings. The van der Waals surface area contributed by atoms with Gasteiger partial charge in [0.15, 0.2) is 5.82 Å². The van der Waals surface area contributed by atoms with Crippen molar-refractivity contribution < 1.29 is 32.2 Å². The Labute approximate surface area is 187 Å². The number of aliphatic hydroxyl groups excluding tert-OH is 1. The number of pyridine rings is 1. The highest BCUT2D eigenvalue weighted by Crippen LogP contribution is 2.40. The molecule has 0 saturated heterocycles. The summed E-state index contributed by atoms with van der Waals surface area (Å²) in [4.78, 5) is 18.0. The lowest BCUT2D eigenvalue weighted by molar-refractivity contribution is -0.138. The molecule has 176 valence electrons. The van der Waals surface area contributed by atoms with Crippen LogP contribution in [-0.2, 0) is 24.0 Å². The number of H-pyrrole nitrogens is 1. The van der Waals surface area contributed by atoms with Gasteiger partial charge in [0, 0.05) is 40.9 Å². The van der Waals surface area contributed by atoms with Crippen LogP contribution in [0.5, 0.6) is 5.75 Å². The summed E-state index contributed by atoms with van der Waals surface area (Å²) in [6, 6.07) is 5.71. The highest BCUT2D eigenvalue weighted by Gasteiger charge is 2.37. The van der Waals surface area contributed by atoms with Gasteiger partial charge >= 0.3 is 6.18 Å². The average Bonchev–Trinajstić information content (AvgIpc) is 3.44. The van der Waals surface area contributed by atoms with E-state index in [9.17, 15) is 22.4 Å². The molecule has 3 aromatic rings. The number of fused-ring (bicyclic) bond motifs is 1. The van der Waals surface area contributed by atoms with Crippen LogP contribution in [-0.4, -0.2) is 28.0 Å². The first-order valence-corrected chi connectivity index (χ1v) is 10.8. The van der Waals surface area contributed by atoms with E-state index in [0.717, 1.165) is 18.9 Å². The van der Waals surface area contributed by atoms with Crippen LogP contribution in [0.4, 0.5) is 17.6 Å². The number of aromatic amines is 1. The summed E-state index contributed by atoms with van der Waals surface area (Å²) in [6.07, 6.45) is 0.735. The smallest absolute Gasteiger partial charge is 0.418 e. The standard InChI is InChI=1S/C24H24F4N2O3/c25-22-18-9-17(5-6-20(18)30-21(22)8-15(11-31)12-32)33-13-14-7-19(24(26,27)28)23(29-10-14)16-3-1-2-4-16/h5-7,9-11,15-16,30,32H,1-4,8,12-13H2. The third kappa shape index (κ3) is 5.03. The Hall–Kier alpha value is -2.94. The van der Waals surface area contributed by atoms with E-state index in [2.05, 4.69) is 9.97 Å². The minimum absolute atomic E-state index is 0.0237. The molecule has 0 radical (unpaired) electrons. The molecule has 2 heterocycles. The van der Waals surface area contributed by atoms with E-state index in [1.165, 1.54) is 12.3 Å². The van der Waals surface area contributed by atoms with Crippen LogP contribution < -0.4 is 4.74 Å². The number of ether oxygens (including phenoxy) is 1. The van der Waals surface area contributed by atoms with Crippen LogP contribution in [0.2, 0.25) is 0 Å². The van der Waals surface area contributed by atoms with E-state index in [1.807, 2.05) is 0 Å². The Kier molecular flexibility index (Phi) is 6.69. The van der Waals surface area contributed by atoms with E-state index in [1.54, 1.807) is 12.1 Å². The molecular weight excluding hydrogens is 440 g/mol. The van der Waals surface area contributed by atoms with Crippen molar-refractivity contribution in [2.75, 3.05) is 6.61 Å². The SMILES string of the molecule is O=CC(CO)Cc1[nH]c2ccc(OCc3cnc(C4CCCC4)c(C(F)(F)F)c3)cc2c1F. The van der Waals surface area contributed by atoms with Gasteiger partial charge < -0.3 is 19.6 Å². The maximum atomic E-state index is 14.8. The van der Waals surface area contributed by atoms with Crippen molar-refractivity contribution >= 4 is 17.2 Å². The van der Waals surface area contributed by atoms with Crippen molar-refractivity contribution in [3.05, 3.63) is 58.8 Å². The summed E-state index contributed by atoms with van der Waals surface area (Å²) in [5.74, 6) is -1.16. The summed E-state index contributed by atoms with van der Waals surface area (Å²) in [6.45, 7) is -0.538. The van der Waals surface area contributed by atoms with Crippen molar-refractivity contribution in [3.8, 4) is 5.75 Å². The molecule has 0 spiro atoms. The highest BCUT2D eigenvalue weighted by atomic mass is 19.4. The van der Waals surface area contributed by atoms with Crippen molar-refractivity contribution in [2.24, 2.45) is 5.92 Å². The Balaban J connectivity index is 1.53. The van der Waals surface area contributed by atoms with Crippen molar-refractivity contribution in [3.63, 3.8) is 0 Å². The number of aliphatic hydroxyl groups is 1. The Morgan fingerprint density at radius 1 is 1.24 bits per heavy atom. The molecule has 1 aliphatic carbocycles. The zero-order valence-corrected chi connectivity index (χ0v) is 17.8. The minimum Gasteiger partial charge on any atom is -0.489 e. The Morgan fingerprint density at radius 3 is 2.67 bits per heavy atom. The largest absolute Gasteiger partial charge is 0.489 e. The average molecular weight is 464 g/mol. The first-order chi connectivity index (χ1) is 15.8. The van der Waals surface area contributed by atoms with E-state index in [0.29, 0.717) is 24.6 Å². The second kappa shape index (κ2) is 9.51. The van der Waals surface area contributed by atoms with Gasteiger partial charge in [0.25, 0.3) is 0 Å². The number of alkyl halides is 3. The maximum absolute atomic E-state index is 14.8. The number of benzene rings is 1. The molecule has 1 aromatic carbocycles. The Bertz CT molecular complexity index is 1140. The molecule has 0 aliphatic heterocycles. The van der Waals surface area contributed by atoms with Crippen LogP contribution in [0.15, 0.2) is 30.5 Å². The second-order valence-corrected chi connectivity index (χ2v) is 8.45. The lowest BCUT2D eigenvalue weighted by Crippen LogP contribution is -2.14. The summed E-state index contributed by atoms with van der Waals surface area (Å²) in [5.41, 5.74) is 0.329. The number of rotatable bonds is 8. The Morgan fingerprint density at radius 2 is 2.00 bits per heavy atom. The molecule has 0 bridgehead atoms. The molecule has 2 N–H and O–H groups in total. The zero-order chi connectivity index (χ0) is 23.6. The van der Waals surface area contributed by atoms with E-state index >= 15 is 0 Å². The van der Waals surface area contributed by atoms with Gasteiger partial charge in [-0.2, -0.15) is 13.2 Å². The molecule has 1 saturated carbocycles. The zero-order valence-electron chi connectivity index (χ0n) is 17.8. The molecule has 2 aromatic heterocycles. The van der Waals surface area contributed by atoms with E-state index in [4.69, 9.17) is 9.84 Å². The lowest BCUT2D eigenvalue weighted by Gasteiger charge is -2.17. The van der Waals surface area contributed by atoms with Crippen LogP contribution in [0.25, 0.3) is 10.9 Å². The molecule has 4 rings (SSSR count). The summed E-state index contributed by atoms with van der Waals surface area (Å²) >= 11 is 0. The van der Waals surface area contributed by atoms with Crippen LogP contribution in [0.3, 0.4) is 0 Å². The minimum atomic E-state index is -4.50. The molecule has 0 amide bonds. The first-order valence-electron chi connectivity index (χ1n) is 10.8. The van der Waals surface area contributed by atoms with E-state index < -0.39 is 23.5 Å². The topological polar surface area (TPSA) is 75.2 Å². The molecule has 33 heavy (non-hydrogen) atoms. The fourth-order valence-electron chi connectivity index (χ4n) is 4.36. The second-order valence-electron chi connectivity index (χ2n) is 8.45. The number of halogens is 4. The van der Waals surface area contributed by atoms with Crippen LogP contribution in [0.1, 0.15) is 54.1 Å². The number of hydrogen-bond acceptors (Lipinski definition) is 4. The number of aldehydes is 1. The highest BCUT2D eigenvalue weighted by molar-refractivity contribution is 5.83. The number of aromatic nitrogens is 2. The quantitative estimate of drug-likeness (QED) is 0.350. The van der Waals surface area contributed by atoms with E-state index in [-0.39, 0.29) is 53.6 Å². The van der Waals surface area contributed by atoms with Gasteiger partial charge in [0.1, 0.15) is 18.6 Å². The van der Waals surface area contributed by atoms with Gasteiger partial charge in [0.2, 0.25) is 0 Å². The van der Waals surface area contributed by atoms with Crippen molar-refractivity contribution in [1.82, 2.24) is 9.97 Å². The molecule has 5 nitrogen and oxygen atoms in total. The molecule has 1 unspecified atom stereocenters. The lowest BCUT2D eigenvalue weighted by atomic mass is 9.97. The third-order valence-electron chi connectivity index (χ3n) is 6.10. The molecular formula is C24H24F4N2O3. The van der Waals surface area contributed by atoms with Gasteiger partial charge in [-0.05, 0) is 37.1 Å². The maximum Gasteiger partial charge on any atom is 0.418 e. The summed E-state index contributed by atoms with van der Waals surface area (Å²) < 4.78 is 61.3. The summed E-state index contributed by atoms with van der Waals surface area (Å²) in [7, 11) is 0. The van der Waals surface area contributed by atoms with Gasteiger partial charge in [-0.1, -0.05) is 12.8 Å². The summed E-state index contributed by atoms with van der Waals surface area (Å²) in [5, 5.41) is 9.39. The predicted octanol–water partition coefficient (Wildman–Crippen LogP) is 5.31. The van der Waals surface area contributed by atoms with Crippen molar-refractivity contribution in [1.29, 1.82) is 0 Å². The third-order valence-corrected chi connectivity index (χ3v) is 6.10. The van der Waals surface area contributed by atoms with Gasteiger partial charge in [-0.3, -0.25) is 4.98 Å². The van der Waals surface area contributed by atoms with Crippen LogP contribution in [0, 0.1) is 11.7 Å². The number of nitrogens with zero attached hydrogens (tertiary/aromatic N) is 1. The van der Waals surface area contributed by atoms with Crippen LogP contribution >= 0.6 is 0 Å². The first kappa shape index (κ1) is 23.2. The predicted molar refractivity (Wildman–Crippen MR) is 113 cm³/mol. The van der Waals surface area contributed by atoms with Gasteiger partial charge in [-0.15, -0.1) is 0 Å². The monoisotopic (exact) mass is 464 g/mol.